The second kappa shape index (κ2) is 9.67. The number of aromatic nitrogens is 4. The number of aryl methyl sites for hydroxylation is 1. The van der Waals surface area contributed by atoms with Crippen LogP contribution in [0.3, 0.4) is 0 Å². The fourth-order valence-electron chi connectivity index (χ4n) is 4.15. The molecule has 1 fully saturated rings. The molecule has 36 heavy (non-hydrogen) atoms. The summed E-state index contributed by atoms with van der Waals surface area (Å²) in [5.41, 5.74) is 1.28. The predicted octanol–water partition coefficient (Wildman–Crippen LogP) is 4.20. The number of morpholine rings is 1. The van der Waals surface area contributed by atoms with Crippen LogP contribution in [0, 0.1) is 6.92 Å². The highest BCUT2D eigenvalue weighted by molar-refractivity contribution is 6.05. The summed E-state index contributed by atoms with van der Waals surface area (Å²) in [4.78, 5) is 24.2. The number of anilines is 1. The normalized spacial score (nSPS) is 14.8. The largest absolute Gasteiger partial charge is 0.417 e. The minimum absolute atomic E-state index is 0.0545. The molecule has 0 spiro atoms. The van der Waals surface area contributed by atoms with Gasteiger partial charge in [0.2, 0.25) is 0 Å². The maximum absolute atomic E-state index is 13.6. The van der Waals surface area contributed by atoms with Gasteiger partial charge in [-0.25, -0.2) is 14.5 Å². The van der Waals surface area contributed by atoms with Crippen LogP contribution in [0.5, 0.6) is 0 Å². The van der Waals surface area contributed by atoms with Crippen molar-refractivity contribution in [2.24, 2.45) is 0 Å². The molecule has 1 saturated heterocycles. The molecule has 8 nitrogen and oxygen atoms in total. The van der Waals surface area contributed by atoms with Gasteiger partial charge in [0.05, 0.1) is 35.9 Å². The van der Waals surface area contributed by atoms with Crippen molar-refractivity contribution in [1.29, 1.82) is 0 Å². The summed E-state index contributed by atoms with van der Waals surface area (Å²) in [6.45, 7) is 5.21. The lowest BCUT2D eigenvalue weighted by molar-refractivity contribution is -0.137. The second-order valence-electron chi connectivity index (χ2n) is 8.44. The number of carbonyl (C=O) groups excluding carboxylic acids is 1. The molecule has 0 saturated carbocycles. The molecule has 1 aliphatic heterocycles. The van der Waals surface area contributed by atoms with Crippen molar-refractivity contribution >= 4 is 17.2 Å². The molecule has 0 atom stereocenters. The van der Waals surface area contributed by atoms with Gasteiger partial charge in [-0.15, -0.1) is 0 Å². The summed E-state index contributed by atoms with van der Waals surface area (Å²) in [6.07, 6.45) is -3.01. The van der Waals surface area contributed by atoms with Crippen molar-refractivity contribution in [1.82, 2.24) is 24.5 Å². The van der Waals surface area contributed by atoms with E-state index in [1.54, 1.807) is 19.1 Å². The number of alkyl halides is 3. The first kappa shape index (κ1) is 23.9. The molecule has 0 radical (unpaired) electrons. The van der Waals surface area contributed by atoms with Crippen molar-refractivity contribution in [3.05, 3.63) is 77.4 Å². The maximum Gasteiger partial charge on any atom is 0.417 e. The summed E-state index contributed by atoms with van der Waals surface area (Å²) >= 11 is 0. The number of pyridine rings is 1. The summed E-state index contributed by atoms with van der Waals surface area (Å²) < 4.78 is 47.5. The molecule has 1 aromatic carbocycles. The molecule has 186 valence electrons. The van der Waals surface area contributed by atoms with Crippen LogP contribution in [-0.2, 0) is 17.5 Å². The summed E-state index contributed by atoms with van der Waals surface area (Å²) in [7, 11) is 0. The van der Waals surface area contributed by atoms with E-state index in [0.717, 1.165) is 24.8 Å². The average molecular weight is 496 g/mol. The van der Waals surface area contributed by atoms with Crippen LogP contribution >= 0.6 is 0 Å². The molecule has 1 amide bonds. The van der Waals surface area contributed by atoms with Crippen LogP contribution in [0.4, 0.5) is 18.9 Å². The SMILES string of the molecule is Cc1nn2ccc(-c3ccccc3C(F)(F)F)nc2c1NC(=O)c1cccc(CN2CCOCC2)n1. The number of nitrogens with one attached hydrogen (secondary N) is 1. The number of carbonyl (C=O) groups is 1. The second-order valence-corrected chi connectivity index (χ2v) is 8.44. The Labute approximate surface area is 204 Å². The molecule has 0 aliphatic carbocycles. The van der Waals surface area contributed by atoms with Gasteiger partial charge in [-0.1, -0.05) is 24.3 Å². The van der Waals surface area contributed by atoms with Crippen LogP contribution in [0.2, 0.25) is 0 Å². The van der Waals surface area contributed by atoms with E-state index >= 15 is 0 Å². The van der Waals surface area contributed by atoms with E-state index in [4.69, 9.17) is 4.74 Å². The van der Waals surface area contributed by atoms with E-state index in [-0.39, 0.29) is 22.6 Å². The van der Waals surface area contributed by atoms with Crippen LogP contribution in [0.1, 0.15) is 27.4 Å². The topological polar surface area (TPSA) is 84.7 Å². The van der Waals surface area contributed by atoms with Gasteiger partial charge in [-0.2, -0.15) is 18.3 Å². The van der Waals surface area contributed by atoms with Crippen LogP contribution in [0.15, 0.2) is 54.7 Å². The summed E-state index contributed by atoms with van der Waals surface area (Å²) in [5, 5.41) is 7.14. The molecule has 11 heteroatoms. The molecule has 1 N–H and O–H groups in total. The molecule has 0 bridgehead atoms. The standard InChI is InChI=1S/C25H23F3N6O2/c1-16-22(31-24(35)21-8-4-5-17(29-21)15-33-11-13-36-14-12-33)23-30-20(9-10-34(23)32-16)18-6-2-3-7-19(18)25(26,27)28/h2-10H,11-15H2,1H3,(H,31,35). The smallest absolute Gasteiger partial charge is 0.379 e. The van der Waals surface area contributed by atoms with Crippen molar-refractivity contribution < 1.29 is 22.7 Å². The van der Waals surface area contributed by atoms with Crippen LogP contribution in [-0.4, -0.2) is 56.7 Å². The summed E-state index contributed by atoms with van der Waals surface area (Å²) in [5.74, 6) is -0.459. The quantitative estimate of drug-likeness (QED) is 0.446. The van der Waals surface area contributed by atoms with Crippen molar-refractivity contribution in [3.63, 3.8) is 0 Å². The van der Waals surface area contributed by atoms with E-state index in [1.165, 1.54) is 35.0 Å². The highest BCUT2D eigenvalue weighted by Gasteiger charge is 2.33. The molecular weight excluding hydrogens is 473 g/mol. The zero-order valence-corrected chi connectivity index (χ0v) is 19.4. The number of nitrogens with zero attached hydrogens (tertiary/aromatic N) is 5. The third-order valence-corrected chi connectivity index (χ3v) is 5.94. The molecule has 0 unspecified atom stereocenters. The number of hydrogen-bond acceptors (Lipinski definition) is 6. The van der Waals surface area contributed by atoms with E-state index in [1.807, 2.05) is 6.07 Å². The summed E-state index contributed by atoms with van der Waals surface area (Å²) in [6, 6.07) is 11.9. The Balaban J connectivity index is 1.44. The highest BCUT2D eigenvalue weighted by atomic mass is 19.4. The minimum Gasteiger partial charge on any atom is -0.379 e. The van der Waals surface area contributed by atoms with Gasteiger partial charge in [0.25, 0.3) is 5.91 Å². The number of hydrogen-bond donors (Lipinski definition) is 1. The third-order valence-electron chi connectivity index (χ3n) is 5.94. The van der Waals surface area contributed by atoms with Gasteiger partial charge in [0.15, 0.2) is 5.65 Å². The van der Waals surface area contributed by atoms with E-state index in [9.17, 15) is 18.0 Å². The number of ether oxygens (including phenoxy) is 1. The fourth-order valence-corrected chi connectivity index (χ4v) is 4.15. The average Bonchev–Trinajstić information content (AvgIpc) is 3.18. The van der Waals surface area contributed by atoms with Gasteiger partial charge in [-0.05, 0) is 31.2 Å². The Hall–Kier alpha value is -3.83. The number of amides is 1. The van der Waals surface area contributed by atoms with Gasteiger partial charge >= 0.3 is 6.18 Å². The molecule has 5 rings (SSSR count). The van der Waals surface area contributed by atoms with E-state index in [2.05, 4.69) is 25.3 Å². The highest BCUT2D eigenvalue weighted by Crippen LogP contribution is 2.36. The predicted molar refractivity (Wildman–Crippen MR) is 126 cm³/mol. The molecular formula is C25H23F3N6O2. The first-order valence-electron chi connectivity index (χ1n) is 11.4. The van der Waals surface area contributed by atoms with Crippen molar-refractivity contribution in [2.75, 3.05) is 31.6 Å². The number of fused-ring (bicyclic) bond motifs is 1. The van der Waals surface area contributed by atoms with Crippen LogP contribution < -0.4 is 5.32 Å². The van der Waals surface area contributed by atoms with Crippen LogP contribution in [0.25, 0.3) is 16.9 Å². The molecule has 4 aromatic rings. The zero-order chi connectivity index (χ0) is 25.3. The monoisotopic (exact) mass is 496 g/mol. The van der Waals surface area contributed by atoms with Gasteiger partial charge in [-0.3, -0.25) is 9.69 Å². The Morgan fingerprint density at radius 1 is 1.06 bits per heavy atom. The lowest BCUT2D eigenvalue weighted by atomic mass is 10.0. The Kier molecular flexibility index (Phi) is 6.42. The Bertz CT molecular complexity index is 1410. The zero-order valence-electron chi connectivity index (χ0n) is 19.4. The number of halogens is 3. The van der Waals surface area contributed by atoms with Crippen molar-refractivity contribution in [3.8, 4) is 11.3 Å². The maximum atomic E-state index is 13.6. The Morgan fingerprint density at radius 2 is 1.83 bits per heavy atom. The molecule has 1 aliphatic rings. The van der Waals surface area contributed by atoms with Gasteiger partial charge in [0, 0.05) is 31.4 Å². The lowest BCUT2D eigenvalue weighted by Crippen LogP contribution is -2.36. The van der Waals surface area contributed by atoms with E-state index in [0.29, 0.717) is 31.1 Å². The first-order chi connectivity index (χ1) is 17.3. The van der Waals surface area contributed by atoms with Gasteiger partial charge in [0.1, 0.15) is 11.4 Å². The Morgan fingerprint density at radius 3 is 2.61 bits per heavy atom. The fraction of sp³-hybridized carbons (Fsp3) is 0.280. The first-order valence-corrected chi connectivity index (χ1v) is 11.4. The number of rotatable bonds is 5. The minimum atomic E-state index is -4.53. The molecule has 3 aromatic heterocycles. The van der Waals surface area contributed by atoms with Gasteiger partial charge < -0.3 is 10.1 Å². The third kappa shape index (κ3) is 4.93. The number of benzene rings is 1. The molecule has 4 heterocycles. The van der Waals surface area contributed by atoms with E-state index < -0.39 is 17.6 Å². The van der Waals surface area contributed by atoms with Crippen molar-refractivity contribution in [2.45, 2.75) is 19.6 Å². The lowest BCUT2D eigenvalue weighted by Gasteiger charge is -2.26.